The molecule has 2 rings (SSSR count). The van der Waals surface area contributed by atoms with Gasteiger partial charge >= 0.3 is 0 Å². The van der Waals surface area contributed by atoms with Crippen LogP contribution in [-0.2, 0) is 6.54 Å². The minimum atomic E-state index is 0.540. The van der Waals surface area contributed by atoms with Crippen molar-refractivity contribution in [3.05, 3.63) is 42.1 Å². The van der Waals surface area contributed by atoms with E-state index in [4.69, 9.17) is 4.99 Å². The highest BCUT2D eigenvalue weighted by Gasteiger charge is 2.12. The number of nitrogens with one attached hydrogen (secondary N) is 2. The second-order valence-corrected chi connectivity index (χ2v) is 7.04. The van der Waals surface area contributed by atoms with Crippen LogP contribution in [0.3, 0.4) is 0 Å². The molecule has 0 aliphatic carbocycles. The lowest BCUT2D eigenvalue weighted by Crippen LogP contribution is -2.45. The van der Waals surface area contributed by atoms with Crippen LogP contribution in [0.5, 0.6) is 0 Å². The number of benzene rings is 1. The van der Waals surface area contributed by atoms with Gasteiger partial charge in [-0.15, -0.1) is 0 Å². The summed E-state index contributed by atoms with van der Waals surface area (Å²) in [6.45, 7) is 14.4. The highest BCUT2D eigenvalue weighted by Crippen LogP contribution is 2.16. The van der Waals surface area contributed by atoms with Crippen LogP contribution >= 0.6 is 0 Å². The Morgan fingerprint density at radius 2 is 1.81 bits per heavy atom. The molecule has 0 unspecified atom stereocenters. The van der Waals surface area contributed by atoms with Gasteiger partial charge in [0, 0.05) is 43.3 Å². The molecule has 0 atom stereocenters. The molecular weight excluding hydrogens is 322 g/mol. The Hall–Kier alpha value is -2.14. The van der Waals surface area contributed by atoms with E-state index in [-0.39, 0.29) is 0 Å². The lowest BCUT2D eigenvalue weighted by Gasteiger charge is -2.30. The summed E-state index contributed by atoms with van der Waals surface area (Å²) in [5.74, 6) is 0.855. The maximum atomic E-state index is 4.76. The first-order valence-corrected chi connectivity index (χ1v) is 9.63. The first kappa shape index (κ1) is 20.2. The third kappa shape index (κ3) is 5.70. The molecule has 0 aliphatic heterocycles. The molecule has 2 aromatic rings. The number of pyridine rings is 1. The lowest BCUT2D eigenvalue weighted by atomic mass is 10.1. The average Bonchev–Trinajstić information content (AvgIpc) is 2.62. The summed E-state index contributed by atoms with van der Waals surface area (Å²) in [6.07, 6.45) is 1.84. The second kappa shape index (κ2) is 10.1. The zero-order valence-corrected chi connectivity index (χ0v) is 16.8. The molecule has 1 aromatic heterocycles. The molecule has 0 saturated carbocycles. The molecule has 5 nitrogen and oxygen atoms in total. The topological polar surface area (TPSA) is 52.6 Å². The number of hydrogen-bond donors (Lipinski definition) is 2. The van der Waals surface area contributed by atoms with Crippen LogP contribution in [0, 0.1) is 0 Å². The van der Waals surface area contributed by atoms with Crippen LogP contribution in [0.4, 0.5) is 0 Å². The smallest absolute Gasteiger partial charge is 0.191 e. The van der Waals surface area contributed by atoms with E-state index < -0.39 is 0 Å². The molecule has 2 N–H and O–H groups in total. The molecule has 0 radical (unpaired) electrons. The minimum Gasteiger partial charge on any atom is -0.357 e. The van der Waals surface area contributed by atoms with Crippen molar-refractivity contribution in [3.8, 4) is 0 Å². The third-order valence-electron chi connectivity index (χ3n) is 4.46. The Bertz CT molecular complexity index is 695. The molecule has 1 aromatic carbocycles. The summed E-state index contributed by atoms with van der Waals surface area (Å²) >= 11 is 0. The van der Waals surface area contributed by atoms with E-state index in [1.54, 1.807) is 0 Å². The van der Waals surface area contributed by atoms with Crippen molar-refractivity contribution >= 4 is 16.9 Å². The van der Waals surface area contributed by atoms with E-state index in [0.29, 0.717) is 18.6 Å². The van der Waals surface area contributed by atoms with Gasteiger partial charge in [-0.25, -0.2) is 4.99 Å². The molecular formula is C21H33N5. The fourth-order valence-corrected chi connectivity index (χ4v) is 3.22. The monoisotopic (exact) mass is 355 g/mol. The van der Waals surface area contributed by atoms with Crippen molar-refractivity contribution < 1.29 is 0 Å². The Morgan fingerprint density at radius 1 is 1.08 bits per heavy atom. The molecule has 0 fully saturated rings. The van der Waals surface area contributed by atoms with E-state index in [0.717, 1.165) is 42.1 Å². The van der Waals surface area contributed by atoms with E-state index >= 15 is 0 Å². The van der Waals surface area contributed by atoms with Gasteiger partial charge in [0.25, 0.3) is 0 Å². The number of nitrogens with zero attached hydrogens (tertiary/aromatic N) is 3. The molecule has 0 bridgehead atoms. The fraction of sp³-hybridized carbons (Fsp3) is 0.524. The van der Waals surface area contributed by atoms with Crippen molar-refractivity contribution in [1.29, 1.82) is 0 Å². The maximum Gasteiger partial charge on any atom is 0.191 e. The van der Waals surface area contributed by atoms with E-state index in [2.05, 4.69) is 79.4 Å². The van der Waals surface area contributed by atoms with Gasteiger partial charge in [-0.1, -0.05) is 24.3 Å². The molecule has 26 heavy (non-hydrogen) atoms. The van der Waals surface area contributed by atoms with E-state index in [1.165, 1.54) is 0 Å². The number of fused-ring (bicyclic) bond motifs is 1. The largest absolute Gasteiger partial charge is 0.357 e. The minimum absolute atomic E-state index is 0.540. The first-order valence-electron chi connectivity index (χ1n) is 9.63. The van der Waals surface area contributed by atoms with Crippen molar-refractivity contribution in [1.82, 2.24) is 20.5 Å². The Balaban J connectivity index is 2.02. The summed E-state index contributed by atoms with van der Waals surface area (Å²) in [4.78, 5) is 11.7. The number of aromatic nitrogens is 1. The fourth-order valence-electron chi connectivity index (χ4n) is 3.22. The van der Waals surface area contributed by atoms with E-state index in [1.807, 2.05) is 12.3 Å². The van der Waals surface area contributed by atoms with Gasteiger partial charge in [0.05, 0.1) is 12.1 Å². The van der Waals surface area contributed by atoms with Crippen LogP contribution in [-0.4, -0.2) is 47.6 Å². The summed E-state index contributed by atoms with van der Waals surface area (Å²) in [7, 11) is 0. The molecule has 0 spiro atoms. The number of aliphatic imine (C=N–C) groups is 1. The van der Waals surface area contributed by atoms with Gasteiger partial charge in [-0.2, -0.15) is 0 Å². The Kier molecular flexibility index (Phi) is 7.85. The van der Waals surface area contributed by atoms with Crippen LogP contribution in [0.2, 0.25) is 0 Å². The molecule has 0 aliphatic rings. The highest BCUT2D eigenvalue weighted by atomic mass is 15.2. The van der Waals surface area contributed by atoms with Crippen molar-refractivity contribution in [3.63, 3.8) is 0 Å². The standard InChI is InChI=1S/C21H33N5/c1-6-22-21(24-13-14-26(16(2)3)17(4)5)25-15-19-10-7-9-18-11-8-12-23-20(18)19/h7-12,16-17H,6,13-15H2,1-5H3,(H2,22,24,25). The third-order valence-corrected chi connectivity index (χ3v) is 4.46. The quantitative estimate of drug-likeness (QED) is 0.563. The van der Waals surface area contributed by atoms with Crippen LogP contribution < -0.4 is 10.6 Å². The lowest BCUT2D eigenvalue weighted by molar-refractivity contribution is 0.178. The molecule has 1 heterocycles. The van der Waals surface area contributed by atoms with Gasteiger partial charge in [-0.05, 0) is 46.2 Å². The van der Waals surface area contributed by atoms with Crippen LogP contribution in [0.1, 0.15) is 40.2 Å². The zero-order chi connectivity index (χ0) is 18.9. The molecule has 5 heteroatoms. The maximum absolute atomic E-state index is 4.76. The van der Waals surface area contributed by atoms with Crippen LogP contribution in [0.25, 0.3) is 10.9 Å². The normalized spacial score (nSPS) is 12.4. The number of guanidine groups is 1. The average molecular weight is 356 g/mol. The van der Waals surface area contributed by atoms with Gasteiger partial charge in [0.1, 0.15) is 0 Å². The van der Waals surface area contributed by atoms with Gasteiger partial charge < -0.3 is 10.6 Å². The first-order chi connectivity index (χ1) is 12.5. The van der Waals surface area contributed by atoms with Crippen LogP contribution in [0.15, 0.2) is 41.5 Å². The van der Waals surface area contributed by atoms with Gasteiger partial charge in [0.15, 0.2) is 5.96 Å². The predicted molar refractivity (Wildman–Crippen MR) is 112 cm³/mol. The molecule has 142 valence electrons. The second-order valence-electron chi connectivity index (χ2n) is 7.04. The van der Waals surface area contributed by atoms with Crippen molar-refractivity contribution in [2.45, 2.75) is 53.2 Å². The highest BCUT2D eigenvalue weighted by molar-refractivity contribution is 5.83. The number of rotatable bonds is 8. The van der Waals surface area contributed by atoms with E-state index in [9.17, 15) is 0 Å². The summed E-state index contributed by atoms with van der Waals surface area (Å²) in [5.41, 5.74) is 2.17. The SMILES string of the molecule is CCNC(=NCc1cccc2cccnc12)NCCN(C(C)C)C(C)C. The van der Waals surface area contributed by atoms with Gasteiger partial charge in [0.2, 0.25) is 0 Å². The summed E-state index contributed by atoms with van der Waals surface area (Å²) in [6, 6.07) is 11.4. The Morgan fingerprint density at radius 3 is 2.50 bits per heavy atom. The summed E-state index contributed by atoms with van der Waals surface area (Å²) < 4.78 is 0. The Labute approximate surface area is 157 Å². The molecule has 0 amide bonds. The predicted octanol–water partition coefficient (Wildman–Crippen LogP) is 3.41. The summed E-state index contributed by atoms with van der Waals surface area (Å²) in [5, 5.41) is 7.94. The number of hydrogen-bond acceptors (Lipinski definition) is 3. The van der Waals surface area contributed by atoms with Gasteiger partial charge in [-0.3, -0.25) is 9.88 Å². The van der Waals surface area contributed by atoms with Crippen molar-refractivity contribution in [2.24, 2.45) is 4.99 Å². The molecule has 0 saturated heterocycles. The van der Waals surface area contributed by atoms with Crippen molar-refractivity contribution in [2.75, 3.05) is 19.6 Å². The zero-order valence-electron chi connectivity index (χ0n) is 16.8. The number of para-hydroxylation sites is 1.